The molecule has 0 aliphatic heterocycles. The Morgan fingerprint density at radius 2 is 1.40 bits per heavy atom. The average molecular weight is 314 g/mol. The maximum absolute atomic E-state index is 11.4. The molecule has 0 aromatic rings. The molecule has 0 saturated heterocycles. The van der Waals surface area contributed by atoms with Crippen LogP contribution in [-0.4, -0.2) is 59.2 Å². The van der Waals surface area contributed by atoms with Gasteiger partial charge in [0.1, 0.15) is 0 Å². The lowest BCUT2D eigenvalue weighted by Crippen LogP contribution is -2.51. The van der Waals surface area contributed by atoms with E-state index < -0.39 is 55.4 Å². The van der Waals surface area contributed by atoms with Crippen LogP contribution in [0.5, 0.6) is 0 Å². The van der Waals surface area contributed by atoms with E-state index in [2.05, 4.69) is 0 Å². The van der Waals surface area contributed by atoms with Gasteiger partial charge in [0.05, 0.1) is 18.8 Å². The van der Waals surface area contributed by atoms with Crippen molar-refractivity contribution < 1.29 is 54.0 Å². The van der Waals surface area contributed by atoms with Gasteiger partial charge in [0.25, 0.3) is 0 Å². The zero-order valence-corrected chi connectivity index (χ0v) is 10.6. The summed E-state index contributed by atoms with van der Waals surface area (Å²) in [5.74, 6) is -11.0. The maximum Gasteiger partial charge on any atom is 0.344 e. The number of hydrogen-bond donors (Lipinski definition) is 6. The van der Waals surface area contributed by atoms with Crippen LogP contribution in [0.1, 0.15) is 12.8 Å². The van der Waals surface area contributed by atoms with Crippen molar-refractivity contribution in [2.24, 2.45) is 5.92 Å². The van der Waals surface area contributed by atoms with Crippen molar-refractivity contribution in [1.29, 1.82) is 0 Å². The molecule has 0 amide bonds. The topological polar surface area (TPSA) is 207 Å². The van der Waals surface area contributed by atoms with E-state index in [1.807, 2.05) is 0 Å². The van der Waals surface area contributed by atoms with Crippen molar-refractivity contribution in [1.82, 2.24) is 0 Å². The summed E-state index contributed by atoms with van der Waals surface area (Å²) >= 11 is 0. The highest BCUT2D eigenvalue weighted by atomic mass is 31.2. The zero-order chi connectivity index (χ0) is 16.3. The molecule has 20 heavy (non-hydrogen) atoms. The quantitative estimate of drug-likeness (QED) is 0.288. The Morgan fingerprint density at radius 1 is 0.950 bits per heavy atom. The highest BCUT2D eigenvalue weighted by Crippen LogP contribution is 2.57. The molecule has 0 heterocycles. The molecule has 6 N–H and O–H groups in total. The molecule has 0 bridgehead atoms. The monoisotopic (exact) mass is 314 g/mol. The molecule has 0 aliphatic rings. The van der Waals surface area contributed by atoms with Crippen LogP contribution in [-0.2, 0) is 23.7 Å². The number of carboxylic acid groups (broad SMARTS) is 4. The van der Waals surface area contributed by atoms with Crippen molar-refractivity contribution in [2.45, 2.75) is 18.0 Å². The lowest BCUT2D eigenvalue weighted by Gasteiger charge is -2.32. The van der Waals surface area contributed by atoms with Crippen molar-refractivity contribution >= 4 is 31.5 Å². The predicted octanol–water partition coefficient (Wildman–Crippen LogP) is -1.36. The zero-order valence-electron chi connectivity index (χ0n) is 9.66. The molecule has 0 aromatic carbocycles. The number of carbonyl (C=O) groups is 4. The molecule has 0 fully saturated rings. The van der Waals surface area contributed by atoms with Crippen LogP contribution in [0.2, 0.25) is 0 Å². The summed E-state index contributed by atoms with van der Waals surface area (Å²) in [7, 11) is -5.81. The largest absolute Gasteiger partial charge is 0.481 e. The van der Waals surface area contributed by atoms with Gasteiger partial charge in [-0.1, -0.05) is 0 Å². The third-order valence-corrected chi connectivity index (χ3v) is 4.26. The van der Waals surface area contributed by atoms with E-state index in [1.165, 1.54) is 0 Å². The van der Waals surface area contributed by atoms with Crippen LogP contribution in [0.4, 0.5) is 0 Å². The van der Waals surface area contributed by atoms with Crippen molar-refractivity contribution in [3.05, 3.63) is 0 Å². The minimum atomic E-state index is -5.81. The van der Waals surface area contributed by atoms with Gasteiger partial charge in [-0.2, -0.15) is 0 Å². The van der Waals surface area contributed by atoms with Crippen LogP contribution in [0, 0.1) is 5.92 Å². The fourth-order valence-corrected chi connectivity index (χ4v) is 2.84. The van der Waals surface area contributed by atoms with E-state index in [1.54, 1.807) is 0 Å². The van der Waals surface area contributed by atoms with Crippen LogP contribution in [0.25, 0.3) is 0 Å². The van der Waals surface area contributed by atoms with Gasteiger partial charge < -0.3 is 30.2 Å². The summed E-state index contributed by atoms with van der Waals surface area (Å²) < 4.78 is 11.4. The van der Waals surface area contributed by atoms with Crippen LogP contribution in [0.3, 0.4) is 0 Å². The molecule has 0 aliphatic carbocycles. The fourth-order valence-electron chi connectivity index (χ4n) is 1.64. The summed E-state index contributed by atoms with van der Waals surface area (Å²) in [5.41, 5.74) is 0. The summed E-state index contributed by atoms with van der Waals surface area (Å²) in [4.78, 5) is 61.4. The number of carboxylic acids is 4. The third kappa shape index (κ3) is 3.53. The Bertz CT molecular complexity index is 491. The molecule has 12 heteroatoms. The molecule has 0 aromatic heterocycles. The van der Waals surface area contributed by atoms with Crippen molar-refractivity contribution in [3.8, 4) is 0 Å². The van der Waals surface area contributed by atoms with Crippen molar-refractivity contribution in [2.75, 3.05) is 0 Å². The van der Waals surface area contributed by atoms with Gasteiger partial charge in [0, 0.05) is 0 Å². The lowest BCUT2D eigenvalue weighted by molar-refractivity contribution is -0.158. The van der Waals surface area contributed by atoms with Gasteiger partial charge in [-0.25, -0.2) is 0 Å². The van der Waals surface area contributed by atoms with Gasteiger partial charge in [0.15, 0.2) is 5.16 Å². The Labute approximate surface area is 110 Å². The first kappa shape index (κ1) is 18.0. The van der Waals surface area contributed by atoms with E-state index in [4.69, 9.17) is 30.2 Å². The van der Waals surface area contributed by atoms with Gasteiger partial charge in [-0.05, 0) is 0 Å². The van der Waals surface area contributed by atoms with Gasteiger partial charge in [-0.15, -0.1) is 0 Å². The molecule has 0 radical (unpaired) electrons. The van der Waals surface area contributed by atoms with Crippen LogP contribution < -0.4 is 0 Å². The maximum atomic E-state index is 11.4. The molecule has 0 rings (SSSR count). The normalized spacial score (nSPS) is 15.9. The number of hydrogen-bond acceptors (Lipinski definition) is 5. The van der Waals surface area contributed by atoms with E-state index in [9.17, 15) is 23.7 Å². The van der Waals surface area contributed by atoms with E-state index >= 15 is 0 Å². The second-order valence-corrected chi connectivity index (χ2v) is 5.72. The molecule has 114 valence electrons. The SMILES string of the molecule is O=C(O)CC(C(=O)O)C(CC(=O)O)(C(=O)O)P(=O)(O)O. The second-order valence-electron chi connectivity index (χ2n) is 3.83. The first-order valence-electron chi connectivity index (χ1n) is 4.81. The first-order chi connectivity index (χ1) is 8.86. The minimum absolute atomic E-state index is 1.46. The molecule has 0 saturated carbocycles. The van der Waals surface area contributed by atoms with Gasteiger partial charge in [-0.3, -0.25) is 23.7 Å². The first-order valence-corrected chi connectivity index (χ1v) is 6.43. The second kappa shape index (κ2) is 5.99. The van der Waals surface area contributed by atoms with Gasteiger partial charge >= 0.3 is 31.5 Å². The summed E-state index contributed by atoms with van der Waals surface area (Å²) in [6, 6.07) is 0. The number of rotatable bonds is 8. The van der Waals surface area contributed by atoms with Crippen LogP contribution in [0.15, 0.2) is 0 Å². The summed E-state index contributed by atoms with van der Waals surface area (Å²) in [6.45, 7) is 0. The predicted molar refractivity (Wildman–Crippen MR) is 58.0 cm³/mol. The number of aliphatic carboxylic acids is 4. The molecule has 11 nitrogen and oxygen atoms in total. The Balaban J connectivity index is 6.24. The molecule has 2 unspecified atom stereocenters. The van der Waals surface area contributed by atoms with Crippen molar-refractivity contribution in [3.63, 3.8) is 0 Å². The fraction of sp³-hybridized carbons (Fsp3) is 0.500. The Hall–Kier alpha value is -1.97. The van der Waals surface area contributed by atoms with Crippen LogP contribution >= 0.6 is 7.60 Å². The molecule has 2 atom stereocenters. The van der Waals surface area contributed by atoms with E-state index in [0.29, 0.717) is 0 Å². The Morgan fingerprint density at radius 3 is 1.60 bits per heavy atom. The smallest absolute Gasteiger partial charge is 0.344 e. The highest BCUT2D eigenvalue weighted by Gasteiger charge is 2.63. The minimum Gasteiger partial charge on any atom is -0.481 e. The molecular weight excluding hydrogens is 303 g/mol. The highest BCUT2D eigenvalue weighted by molar-refractivity contribution is 7.55. The summed E-state index contributed by atoms with van der Waals surface area (Å²) in [6.07, 6.45) is -3.20. The Kier molecular flexibility index (Phi) is 5.40. The average Bonchev–Trinajstić information content (AvgIpc) is 2.19. The molecular formula is C8H11O11P. The van der Waals surface area contributed by atoms with E-state index in [-0.39, 0.29) is 0 Å². The third-order valence-electron chi connectivity index (χ3n) is 2.56. The van der Waals surface area contributed by atoms with E-state index in [0.717, 1.165) is 0 Å². The molecule has 0 spiro atoms. The standard InChI is InChI=1S/C8H11O11P/c9-4(10)1-3(6(13)14)8(7(15)16,2-5(11)12)20(17,18)19/h3H,1-2H2,(H,9,10)(H,11,12)(H,13,14)(H,15,16)(H2,17,18,19). The summed E-state index contributed by atoms with van der Waals surface area (Å²) in [5, 5.41) is 31.3. The lowest BCUT2D eigenvalue weighted by atomic mass is 9.85. The van der Waals surface area contributed by atoms with Gasteiger partial charge in [0.2, 0.25) is 0 Å².